The van der Waals surface area contributed by atoms with Crippen molar-refractivity contribution in [2.75, 3.05) is 11.9 Å². The van der Waals surface area contributed by atoms with Gasteiger partial charge in [0.2, 0.25) is 5.95 Å². The van der Waals surface area contributed by atoms with Gasteiger partial charge >= 0.3 is 6.18 Å². The molecule has 0 amide bonds. The molecule has 4 aromatic rings. The minimum Gasteiger partial charge on any atom is -0.351 e. The van der Waals surface area contributed by atoms with Crippen LogP contribution in [-0.2, 0) is 0 Å². The van der Waals surface area contributed by atoms with Gasteiger partial charge in [-0.2, -0.15) is 23.3 Å². The molecule has 156 valence electrons. The largest absolute Gasteiger partial charge is 0.395 e. The molecule has 1 aliphatic carbocycles. The fourth-order valence-corrected chi connectivity index (χ4v) is 3.46. The van der Waals surface area contributed by atoms with Crippen LogP contribution in [-0.4, -0.2) is 43.0 Å². The zero-order chi connectivity index (χ0) is 21.1. The van der Waals surface area contributed by atoms with Crippen molar-refractivity contribution in [1.29, 1.82) is 0 Å². The lowest BCUT2D eigenvalue weighted by Crippen LogP contribution is -2.17. The van der Waals surface area contributed by atoms with Crippen molar-refractivity contribution in [3.63, 3.8) is 0 Å². The summed E-state index contributed by atoms with van der Waals surface area (Å²) in [5.74, 6) is -1.30. The van der Waals surface area contributed by atoms with Crippen LogP contribution in [0.1, 0.15) is 31.2 Å². The molecule has 4 heterocycles. The van der Waals surface area contributed by atoms with E-state index in [2.05, 4.69) is 25.4 Å². The molecule has 1 atom stereocenters. The first kappa shape index (κ1) is 18.8. The Labute approximate surface area is 168 Å². The molecule has 6 nitrogen and oxygen atoms in total. The van der Waals surface area contributed by atoms with Gasteiger partial charge in [0.25, 0.3) is 0 Å². The Kier molecular flexibility index (Phi) is 4.03. The van der Waals surface area contributed by atoms with E-state index in [0.717, 1.165) is 23.4 Å². The van der Waals surface area contributed by atoms with E-state index in [9.17, 15) is 17.6 Å². The number of anilines is 1. The van der Waals surface area contributed by atoms with Crippen molar-refractivity contribution >= 4 is 22.5 Å². The summed E-state index contributed by atoms with van der Waals surface area (Å²) in [5, 5.41) is 7.67. The lowest BCUT2D eigenvalue weighted by molar-refractivity contribution is -0.146. The number of alkyl halides is 4. The van der Waals surface area contributed by atoms with Crippen LogP contribution in [0.4, 0.5) is 23.5 Å². The predicted octanol–water partition coefficient (Wildman–Crippen LogP) is 4.85. The van der Waals surface area contributed by atoms with E-state index in [1.54, 1.807) is 30.7 Å². The van der Waals surface area contributed by atoms with Gasteiger partial charge in [-0.1, -0.05) is 0 Å². The average Bonchev–Trinajstić information content (AvgIpc) is 3.13. The molecule has 30 heavy (non-hydrogen) atoms. The van der Waals surface area contributed by atoms with Gasteiger partial charge in [0.1, 0.15) is 11.3 Å². The molecule has 1 fully saturated rings. The van der Waals surface area contributed by atoms with Crippen molar-refractivity contribution in [3.8, 4) is 11.1 Å². The highest BCUT2D eigenvalue weighted by Gasteiger charge is 2.43. The number of halogens is 4. The molecule has 0 spiro atoms. The number of aromatic nitrogens is 5. The van der Waals surface area contributed by atoms with E-state index in [4.69, 9.17) is 0 Å². The van der Waals surface area contributed by atoms with Gasteiger partial charge < -0.3 is 10.3 Å². The standard InChI is InChI=1S/C20H18F4N6/c1-11(20(22,23)24)13-9-28-30-5-2-12(6-16(13)30)14-7-25-17-15(14)8-26-18(29-17)27-10-19(21)3-4-19/h2,5-9,11H,3-4,10H2,1H3,(H2,25,26,27,29). The zero-order valence-corrected chi connectivity index (χ0v) is 16.0. The number of aromatic amines is 1. The molecule has 0 bridgehead atoms. The fourth-order valence-electron chi connectivity index (χ4n) is 3.46. The van der Waals surface area contributed by atoms with E-state index in [0.29, 0.717) is 30.0 Å². The molecule has 10 heteroatoms. The molecule has 0 radical (unpaired) electrons. The van der Waals surface area contributed by atoms with Gasteiger partial charge in [0.15, 0.2) is 0 Å². The summed E-state index contributed by atoms with van der Waals surface area (Å²) in [4.78, 5) is 11.7. The van der Waals surface area contributed by atoms with E-state index >= 15 is 0 Å². The van der Waals surface area contributed by atoms with Crippen molar-refractivity contribution < 1.29 is 17.6 Å². The van der Waals surface area contributed by atoms with E-state index in [1.807, 2.05) is 0 Å². The minimum atomic E-state index is -4.35. The van der Waals surface area contributed by atoms with Crippen LogP contribution in [0, 0.1) is 0 Å². The van der Waals surface area contributed by atoms with Gasteiger partial charge in [-0.15, -0.1) is 0 Å². The maximum atomic E-state index is 13.8. The lowest BCUT2D eigenvalue weighted by atomic mass is 10.0. The molecule has 1 aliphatic rings. The maximum Gasteiger partial charge on any atom is 0.395 e. The highest BCUT2D eigenvalue weighted by Crippen LogP contribution is 2.40. The molecule has 0 aliphatic heterocycles. The van der Waals surface area contributed by atoms with Gasteiger partial charge in [-0.3, -0.25) is 0 Å². The minimum absolute atomic E-state index is 0.118. The van der Waals surface area contributed by atoms with Gasteiger partial charge in [0.05, 0.1) is 24.2 Å². The predicted molar refractivity (Wildman–Crippen MR) is 104 cm³/mol. The van der Waals surface area contributed by atoms with E-state index in [-0.39, 0.29) is 12.1 Å². The molecule has 0 aromatic carbocycles. The first-order chi connectivity index (χ1) is 14.2. The molecular formula is C20H18F4N6. The third kappa shape index (κ3) is 3.25. The summed E-state index contributed by atoms with van der Waals surface area (Å²) in [6.45, 7) is 1.30. The maximum absolute atomic E-state index is 13.8. The second kappa shape index (κ2) is 6.41. The summed E-state index contributed by atoms with van der Waals surface area (Å²) in [6, 6.07) is 3.45. The molecule has 2 N–H and O–H groups in total. The van der Waals surface area contributed by atoms with Crippen LogP contribution in [0.25, 0.3) is 27.7 Å². The SMILES string of the molecule is CC(c1cnn2ccc(-c3c[nH]c4nc(NCC5(F)CC5)ncc34)cc12)C(F)(F)F. The average molecular weight is 418 g/mol. The van der Waals surface area contributed by atoms with Crippen LogP contribution in [0.5, 0.6) is 0 Å². The topological polar surface area (TPSA) is 70.9 Å². The second-order valence-corrected chi connectivity index (χ2v) is 7.77. The number of pyridine rings is 1. The number of H-pyrrole nitrogens is 1. The highest BCUT2D eigenvalue weighted by molar-refractivity contribution is 5.94. The number of nitrogens with zero attached hydrogens (tertiary/aromatic N) is 4. The van der Waals surface area contributed by atoms with E-state index in [1.165, 1.54) is 10.7 Å². The van der Waals surface area contributed by atoms with E-state index < -0.39 is 17.8 Å². The summed E-state index contributed by atoms with van der Waals surface area (Å²) in [6.07, 6.45) is 2.97. The molecule has 1 saturated carbocycles. The van der Waals surface area contributed by atoms with Crippen molar-refractivity contribution in [2.24, 2.45) is 0 Å². The van der Waals surface area contributed by atoms with Gasteiger partial charge in [0, 0.05) is 35.1 Å². The Balaban J connectivity index is 1.50. The summed E-state index contributed by atoms with van der Waals surface area (Å²) in [5.41, 5.74) is 1.38. The van der Waals surface area contributed by atoms with Crippen LogP contribution in [0.15, 0.2) is 36.9 Å². The summed E-state index contributed by atoms with van der Waals surface area (Å²) >= 11 is 0. The summed E-state index contributed by atoms with van der Waals surface area (Å²) < 4.78 is 54.9. The third-order valence-electron chi connectivity index (χ3n) is 5.61. The monoisotopic (exact) mass is 418 g/mol. The van der Waals surface area contributed by atoms with Crippen molar-refractivity contribution in [1.82, 2.24) is 24.6 Å². The highest BCUT2D eigenvalue weighted by atomic mass is 19.4. The number of hydrogen-bond donors (Lipinski definition) is 2. The smallest absolute Gasteiger partial charge is 0.351 e. The number of hydrogen-bond acceptors (Lipinski definition) is 4. The number of nitrogens with one attached hydrogen (secondary N) is 2. The Morgan fingerprint density at radius 2 is 2.10 bits per heavy atom. The lowest BCUT2D eigenvalue weighted by Gasteiger charge is -2.14. The molecule has 1 unspecified atom stereocenters. The quantitative estimate of drug-likeness (QED) is 0.455. The van der Waals surface area contributed by atoms with Crippen molar-refractivity contribution in [3.05, 3.63) is 42.5 Å². The molecule has 4 aromatic heterocycles. The third-order valence-corrected chi connectivity index (χ3v) is 5.61. The van der Waals surface area contributed by atoms with Gasteiger partial charge in [-0.05, 0) is 37.5 Å². The van der Waals surface area contributed by atoms with Crippen molar-refractivity contribution in [2.45, 2.75) is 37.5 Å². The number of fused-ring (bicyclic) bond motifs is 2. The Morgan fingerprint density at radius 3 is 2.83 bits per heavy atom. The zero-order valence-electron chi connectivity index (χ0n) is 16.0. The Morgan fingerprint density at radius 1 is 1.30 bits per heavy atom. The fraction of sp³-hybridized carbons (Fsp3) is 0.350. The molecular weight excluding hydrogens is 400 g/mol. The number of rotatable bonds is 5. The molecule has 5 rings (SSSR count). The normalized spacial score (nSPS) is 16.8. The Hall–Kier alpha value is -3.17. The Bertz CT molecular complexity index is 1240. The van der Waals surface area contributed by atoms with Crippen LogP contribution >= 0.6 is 0 Å². The second-order valence-electron chi connectivity index (χ2n) is 7.77. The molecule has 0 saturated heterocycles. The van der Waals surface area contributed by atoms with Gasteiger partial charge in [-0.25, -0.2) is 13.9 Å². The van der Waals surface area contributed by atoms with Crippen LogP contribution < -0.4 is 5.32 Å². The van der Waals surface area contributed by atoms with Crippen LogP contribution in [0.3, 0.4) is 0 Å². The summed E-state index contributed by atoms with van der Waals surface area (Å²) in [7, 11) is 0. The van der Waals surface area contributed by atoms with Crippen LogP contribution in [0.2, 0.25) is 0 Å². The first-order valence-corrected chi connectivity index (χ1v) is 9.55. The first-order valence-electron chi connectivity index (χ1n) is 9.55.